The van der Waals surface area contributed by atoms with E-state index in [0.29, 0.717) is 0 Å². The van der Waals surface area contributed by atoms with Gasteiger partial charge in [0, 0.05) is 18.0 Å². The predicted molar refractivity (Wildman–Crippen MR) is 70.9 cm³/mol. The molecule has 0 saturated heterocycles. The smallest absolute Gasteiger partial charge is 0.123 e. The highest BCUT2D eigenvalue weighted by Crippen LogP contribution is 2.19. The third kappa shape index (κ3) is 3.65. The minimum absolute atomic E-state index is 0.171. The third-order valence-corrected chi connectivity index (χ3v) is 3.72. The molecule has 0 fully saturated rings. The van der Waals surface area contributed by atoms with E-state index < -0.39 is 0 Å². The fourth-order valence-electron chi connectivity index (χ4n) is 1.70. The highest BCUT2D eigenvalue weighted by molar-refractivity contribution is 7.10. The van der Waals surface area contributed by atoms with Gasteiger partial charge in [-0.15, -0.1) is 11.3 Å². The molecule has 0 atom stereocenters. The Morgan fingerprint density at radius 2 is 1.94 bits per heavy atom. The summed E-state index contributed by atoms with van der Waals surface area (Å²) in [5, 5.41) is 5.51. The molecule has 2 aromatic rings. The lowest BCUT2D eigenvalue weighted by atomic mass is 10.1. The van der Waals surface area contributed by atoms with Crippen molar-refractivity contribution in [2.75, 3.05) is 6.54 Å². The van der Waals surface area contributed by atoms with Crippen LogP contribution in [0.25, 0.3) is 0 Å². The second-order valence-electron chi connectivity index (χ2n) is 4.09. The molecule has 0 aliphatic carbocycles. The number of halogens is 1. The Hall–Kier alpha value is -1.19. The van der Waals surface area contributed by atoms with Crippen LogP contribution in [0.2, 0.25) is 0 Å². The molecule has 1 N–H and O–H groups in total. The van der Waals surface area contributed by atoms with E-state index >= 15 is 0 Å². The van der Waals surface area contributed by atoms with Crippen molar-refractivity contribution in [3.63, 3.8) is 0 Å². The standard InChI is InChI=1S/C7H7F.C7H9NS/c1-6-2-4-7(8)5-3-6;1-3-8-5-6-2-4-9-7(1)6/h2-5H,1H3;2,4,8H,1,3,5H2. The summed E-state index contributed by atoms with van der Waals surface area (Å²) in [6.45, 7) is 4.17. The number of thiophene rings is 1. The SMILES string of the molecule is Cc1ccc(F)cc1.c1cc2c(s1)CCNC2. The first kappa shape index (κ1) is 12.3. The van der Waals surface area contributed by atoms with Gasteiger partial charge in [0.1, 0.15) is 5.82 Å². The van der Waals surface area contributed by atoms with Gasteiger partial charge in [-0.25, -0.2) is 4.39 Å². The Labute approximate surface area is 105 Å². The van der Waals surface area contributed by atoms with Crippen molar-refractivity contribution in [1.82, 2.24) is 5.32 Å². The van der Waals surface area contributed by atoms with Crippen LogP contribution in [-0.4, -0.2) is 6.54 Å². The van der Waals surface area contributed by atoms with Crippen LogP contribution in [0.5, 0.6) is 0 Å². The van der Waals surface area contributed by atoms with Crippen molar-refractivity contribution in [2.24, 2.45) is 0 Å². The summed E-state index contributed by atoms with van der Waals surface area (Å²) in [4.78, 5) is 1.58. The van der Waals surface area contributed by atoms with Gasteiger partial charge in [0.2, 0.25) is 0 Å². The molecule has 3 heteroatoms. The van der Waals surface area contributed by atoms with Crippen LogP contribution >= 0.6 is 11.3 Å². The van der Waals surface area contributed by atoms with Crippen molar-refractivity contribution in [1.29, 1.82) is 0 Å². The maximum atomic E-state index is 12.1. The second kappa shape index (κ2) is 5.94. The van der Waals surface area contributed by atoms with E-state index in [0.717, 1.165) is 18.7 Å². The average molecular weight is 249 g/mol. The number of rotatable bonds is 0. The van der Waals surface area contributed by atoms with Gasteiger partial charge >= 0.3 is 0 Å². The zero-order chi connectivity index (χ0) is 12.1. The molecule has 0 unspecified atom stereocenters. The molecule has 1 aromatic carbocycles. The molecule has 0 saturated carbocycles. The van der Waals surface area contributed by atoms with E-state index in [1.165, 1.54) is 24.1 Å². The normalized spacial score (nSPS) is 13.5. The van der Waals surface area contributed by atoms with Crippen LogP contribution in [0.1, 0.15) is 16.0 Å². The monoisotopic (exact) mass is 249 g/mol. The molecule has 17 heavy (non-hydrogen) atoms. The number of hydrogen-bond acceptors (Lipinski definition) is 2. The van der Waals surface area contributed by atoms with Gasteiger partial charge in [0.15, 0.2) is 0 Å². The molecule has 1 nitrogen and oxygen atoms in total. The molecule has 0 radical (unpaired) electrons. The summed E-state index contributed by atoms with van der Waals surface area (Å²) >= 11 is 1.89. The second-order valence-corrected chi connectivity index (χ2v) is 5.09. The molecule has 0 spiro atoms. The number of nitrogens with one attached hydrogen (secondary N) is 1. The van der Waals surface area contributed by atoms with Crippen LogP contribution in [0, 0.1) is 12.7 Å². The van der Waals surface area contributed by atoms with E-state index in [1.54, 1.807) is 17.0 Å². The molecule has 0 amide bonds. The molecular formula is C14H16FNS. The van der Waals surface area contributed by atoms with Gasteiger partial charge in [-0.1, -0.05) is 17.7 Å². The summed E-state index contributed by atoms with van der Waals surface area (Å²) in [5.74, 6) is -0.171. The zero-order valence-corrected chi connectivity index (χ0v) is 10.7. The van der Waals surface area contributed by atoms with Crippen molar-refractivity contribution in [2.45, 2.75) is 19.9 Å². The van der Waals surface area contributed by atoms with Gasteiger partial charge in [0.25, 0.3) is 0 Å². The van der Waals surface area contributed by atoms with Gasteiger partial charge in [-0.3, -0.25) is 0 Å². The summed E-state index contributed by atoms with van der Waals surface area (Å²) in [6.07, 6.45) is 1.23. The summed E-state index contributed by atoms with van der Waals surface area (Å²) < 4.78 is 12.1. The lowest BCUT2D eigenvalue weighted by Crippen LogP contribution is -2.21. The van der Waals surface area contributed by atoms with Crippen molar-refractivity contribution in [3.05, 3.63) is 57.5 Å². The van der Waals surface area contributed by atoms with Gasteiger partial charge in [-0.05, 0) is 42.5 Å². The van der Waals surface area contributed by atoms with Crippen molar-refractivity contribution >= 4 is 11.3 Å². The maximum Gasteiger partial charge on any atom is 0.123 e. The van der Waals surface area contributed by atoms with Crippen LogP contribution in [0.3, 0.4) is 0 Å². The minimum atomic E-state index is -0.171. The number of aryl methyl sites for hydroxylation is 1. The van der Waals surface area contributed by atoms with Crippen LogP contribution in [0.15, 0.2) is 35.7 Å². The third-order valence-electron chi connectivity index (χ3n) is 2.69. The Morgan fingerprint density at radius 1 is 1.18 bits per heavy atom. The Balaban J connectivity index is 0.000000128. The van der Waals surface area contributed by atoms with Crippen LogP contribution in [0.4, 0.5) is 4.39 Å². The Bertz CT molecular complexity index is 420. The molecule has 0 bridgehead atoms. The summed E-state index contributed by atoms with van der Waals surface area (Å²) in [5.41, 5.74) is 2.60. The Morgan fingerprint density at radius 3 is 2.59 bits per heavy atom. The fourth-order valence-corrected chi connectivity index (χ4v) is 2.61. The molecular weight excluding hydrogens is 233 g/mol. The van der Waals surface area contributed by atoms with Gasteiger partial charge in [0.05, 0.1) is 0 Å². The molecule has 1 aliphatic rings. The molecule has 90 valence electrons. The van der Waals surface area contributed by atoms with E-state index in [1.807, 2.05) is 18.3 Å². The lowest BCUT2D eigenvalue weighted by molar-refractivity contribution is 0.627. The number of hydrogen-bond donors (Lipinski definition) is 1. The molecule has 1 aromatic heterocycles. The zero-order valence-electron chi connectivity index (χ0n) is 9.87. The van der Waals surface area contributed by atoms with Crippen LogP contribution in [-0.2, 0) is 13.0 Å². The van der Waals surface area contributed by atoms with E-state index in [-0.39, 0.29) is 5.82 Å². The Kier molecular flexibility index (Phi) is 4.29. The highest BCUT2D eigenvalue weighted by Gasteiger charge is 2.07. The number of fused-ring (bicyclic) bond motifs is 1. The highest BCUT2D eigenvalue weighted by atomic mass is 32.1. The quantitative estimate of drug-likeness (QED) is 0.753. The first-order valence-corrected chi connectivity index (χ1v) is 6.62. The molecule has 2 heterocycles. The number of benzene rings is 1. The largest absolute Gasteiger partial charge is 0.312 e. The fraction of sp³-hybridized carbons (Fsp3) is 0.286. The topological polar surface area (TPSA) is 12.0 Å². The first-order valence-electron chi connectivity index (χ1n) is 5.74. The summed E-state index contributed by atoms with van der Waals surface area (Å²) in [6, 6.07) is 8.61. The predicted octanol–water partition coefficient (Wildman–Crippen LogP) is 3.53. The van der Waals surface area contributed by atoms with E-state index in [4.69, 9.17) is 0 Å². The van der Waals surface area contributed by atoms with Gasteiger partial charge in [-0.2, -0.15) is 0 Å². The lowest BCUT2D eigenvalue weighted by Gasteiger charge is -2.10. The minimum Gasteiger partial charge on any atom is -0.312 e. The van der Waals surface area contributed by atoms with Gasteiger partial charge < -0.3 is 5.32 Å². The molecule has 3 rings (SSSR count). The van der Waals surface area contributed by atoms with E-state index in [9.17, 15) is 4.39 Å². The first-order chi connectivity index (χ1) is 8.25. The molecule has 1 aliphatic heterocycles. The maximum absolute atomic E-state index is 12.1. The van der Waals surface area contributed by atoms with Crippen molar-refractivity contribution < 1.29 is 4.39 Å². The average Bonchev–Trinajstić information content (AvgIpc) is 2.82. The van der Waals surface area contributed by atoms with E-state index in [2.05, 4.69) is 16.8 Å². The summed E-state index contributed by atoms with van der Waals surface area (Å²) in [7, 11) is 0. The van der Waals surface area contributed by atoms with Crippen molar-refractivity contribution in [3.8, 4) is 0 Å². The van der Waals surface area contributed by atoms with Crippen LogP contribution < -0.4 is 5.32 Å².